The SMILES string of the molecule is Cc1cc(NC(=O)C(C)(C)C)sc1C(=O)NC(C)c1ccc(-n2cncn2)cc1. The molecule has 152 valence electrons. The van der Waals surface area contributed by atoms with Crippen molar-refractivity contribution in [3.63, 3.8) is 0 Å². The topological polar surface area (TPSA) is 88.9 Å². The van der Waals surface area contributed by atoms with Gasteiger partial charge in [-0.15, -0.1) is 11.3 Å². The highest BCUT2D eigenvalue weighted by atomic mass is 32.1. The van der Waals surface area contributed by atoms with Crippen LogP contribution in [0.3, 0.4) is 0 Å². The highest BCUT2D eigenvalue weighted by molar-refractivity contribution is 7.18. The van der Waals surface area contributed by atoms with Crippen molar-refractivity contribution < 1.29 is 9.59 Å². The summed E-state index contributed by atoms with van der Waals surface area (Å²) in [5.41, 5.74) is 2.23. The molecule has 2 amide bonds. The van der Waals surface area contributed by atoms with Crippen molar-refractivity contribution >= 4 is 28.2 Å². The van der Waals surface area contributed by atoms with E-state index in [1.165, 1.54) is 17.7 Å². The molecule has 0 aliphatic rings. The number of amides is 2. The highest BCUT2D eigenvalue weighted by Crippen LogP contribution is 2.29. The molecule has 0 saturated carbocycles. The van der Waals surface area contributed by atoms with E-state index in [0.717, 1.165) is 16.8 Å². The zero-order chi connectivity index (χ0) is 21.2. The fraction of sp³-hybridized carbons (Fsp3) is 0.333. The largest absolute Gasteiger partial charge is 0.345 e. The lowest BCUT2D eigenvalue weighted by molar-refractivity contribution is -0.123. The summed E-state index contributed by atoms with van der Waals surface area (Å²) < 4.78 is 1.68. The molecular weight excluding hydrogens is 386 g/mol. The number of hydrogen-bond acceptors (Lipinski definition) is 5. The molecule has 1 unspecified atom stereocenters. The van der Waals surface area contributed by atoms with E-state index in [-0.39, 0.29) is 17.9 Å². The first kappa shape index (κ1) is 20.7. The molecule has 0 aliphatic heterocycles. The van der Waals surface area contributed by atoms with Crippen LogP contribution in [0, 0.1) is 12.3 Å². The number of benzene rings is 1. The summed E-state index contributed by atoms with van der Waals surface area (Å²) in [6.07, 6.45) is 3.12. The average molecular weight is 412 g/mol. The number of thiophene rings is 1. The van der Waals surface area contributed by atoms with Gasteiger partial charge in [-0.1, -0.05) is 32.9 Å². The van der Waals surface area contributed by atoms with Crippen LogP contribution in [0.15, 0.2) is 43.0 Å². The third-order valence-corrected chi connectivity index (χ3v) is 5.62. The lowest BCUT2D eigenvalue weighted by Crippen LogP contribution is -2.27. The van der Waals surface area contributed by atoms with E-state index in [9.17, 15) is 9.59 Å². The Balaban J connectivity index is 1.67. The van der Waals surface area contributed by atoms with Crippen LogP contribution in [0.2, 0.25) is 0 Å². The third kappa shape index (κ3) is 4.89. The molecule has 1 aromatic carbocycles. The Kier molecular flexibility index (Phi) is 5.83. The summed E-state index contributed by atoms with van der Waals surface area (Å²) in [7, 11) is 0. The minimum absolute atomic E-state index is 0.0773. The summed E-state index contributed by atoms with van der Waals surface area (Å²) in [6.45, 7) is 9.37. The van der Waals surface area contributed by atoms with Gasteiger partial charge in [0.2, 0.25) is 5.91 Å². The maximum absolute atomic E-state index is 12.8. The Hall–Kier alpha value is -3.00. The van der Waals surface area contributed by atoms with Gasteiger partial charge in [-0.25, -0.2) is 9.67 Å². The molecule has 7 nitrogen and oxygen atoms in total. The predicted molar refractivity (Wildman–Crippen MR) is 114 cm³/mol. The summed E-state index contributed by atoms with van der Waals surface area (Å²) in [4.78, 5) is 29.5. The number of hydrogen-bond donors (Lipinski definition) is 2. The lowest BCUT2D eigenvalue weighted by Gasteiger charge is -2.16. The summed E-state index contributed by atoms with van der Waals surface area (Å²) >= 11 is 1.29. The molecule has 0 aliphatic carbocycles. The molecule has 3 rings (SSSR count). The zero-order valence-electron chi connectivity index (χ0n) is 17.2. The third-order valence-electron chi connectivity index (χ3n) is 4.47. The van der Waals surface area contributed by atoms with Crippen LogP contribution in [0.4, 0.5) is 5.00 Å². The van der Waals surface area contributed by atoms with Gasteiger partial charge in [-0.3, -0.25) is 9.59 Å². The second-order valence-corrected chi connectivity index (χ2v) is 9.01. The van der Waals surface area contributed by atoms with E-state index in [4.69, 9.17) is 0 Å². The van der Waals surface area contributed by atoms with Crippen LogP contribution in [0.25, 0.3) is 5.69 Å². The molecule has 0 saturated heterocycles. The second kappa shape index (κ2) is 8.16. The zero-order valence-corrected chi connectivity index (χ0v) is 18.0. The van der Waals surface area contributed by atoms with E-state index in [0.29, 0.717) is 9.88 Å². The number of aromatic nitrogens is 3. The fourth-order valence-electron chi connectivity index (χ4n) is 2.67. The Morgan fingerprint density at radius 1 is 1.17 bits per heavy atom. The molecule has 0 spiro atoms. The van der Waals surface area contributed by atoms with Crippen LogP contribution in [-0.2, 0) is 4.79 Å². The Morgan fingerprint density at radius 3 is 2.45 bits per heavy atom. The van der Waals surface area contributed by atoms with Gasteiger partial charge in [0.05, 0.1) is 21.6 Å². The van der Waals surface area contributed by atoms with Gasteiger partial charge in [-0.2, -0.15) is 5.10 Å². The molecule has 3 aromatic rings. The number of carbonyl (C=O) groups is 2. The number of rotatable bonds is 5. The molecule has 2 N–H and O–H groups in total. The standard InChI is InChI=1S/C21H25N5O2S/c1-13-10-17(25-20(28)21(3,4)5)29-18(13)19(27)24-14(2)15-6-8-16(9-7-15)26-12-22-11-23-26/h6-12,14H,1-5H3,(H,24,27)(H,25,28). The first-order valence-corrected chi connectivity index (χ1v) is 10.1. The Bertz CT molecular complexity index is 1000. The van der Waals surface area contributed by atoms with Gasteiger partial charge in [0.25, 0.3) is 5.91 Å². The predicted octanol–water partition coefficient (Wildman–Crippen LogP) is 4.11. The normalized spacial score (nSPS) is 12.4. The lowest BCUT2D eigenvalue weighted by atomic mass is 9.96. The van der Waals surface area contributed by atoms with Gasteiger partial charge < -0.3 is 10.6 Å². The molecule has 0 fully saturated rings. The molecule has 2 aromatic heterocycles. The van der Waals surface area contributed by atoms with Gasteiger partial charge in [-0.05, 0) is 43.2 Å². The number of nitrogens with zero attached hydrogens (tertiary/aromatic N) is 3. The molecule has 29 heavy (non-hydrogen) atoms. The van der Waals surface area contributed by atoms with E-state index < -0.39 is 5.41 Å². The smallest absolute Gasteiger partial charge is 0.262 e. The van der Waals surface area contributed by atoms with Crippen molar-refractivity contribution in [2.24, 2.45) is 5.41 Å². The van der Waals surface area contributed by atoms with E-state index in [2.05, 4.69) is 20.7 Å². The van der Waals surface area contributed by atoms with E-state index in [1.54, 1.807) is 11.0 Å². The van der Waals surface area contributed by atoms with Gasteiger partial charge in [0.1, 0.15) is 12.7 Å². The summed E-state index contributed by atoms with van der Waals surface area (Å²) in [6, 6.07) is 9.45. The van der Waals surface area contributed by atoms with Crippen molar-refractivity contribution in [2.75, 3.05) is 5.32 Å². The van der Waals surface area contributed by atoms with Crippen molar-refractivity contribution in [3.8, 4) is 5.69 Å². The second-order valence-electron chi connectivity index (χ2n) is 7.95. The molecule has 0 bridgehead atoms. The Labute approximate surface area is 174 Å². The van der Waals surface area contributed by atoms with E-state index >= 15 is 0 Å². The fourth-order valence-corrected chi connectivity index (χ4v) is 3.64. The van der Waals surface area contributed by atoms with Crippen LogP contribution in [0.1, 0.15) is 54.5 Å². The van der Waals surface area contributed by atoms with Crippen molar-refractivity contribution in [1.82, 2.24) is 20.1 Å². The Morgan fingerprint density at radius 2 is 1.86 bits per heavy atom. The van der Waals surface area contributed by atoms with Crippen LogP contribution >= 0.6 is 11.3 Å². The maximum Gasteiger partial charge on any atom is 0.262 e. The van der Waals surface area contributed by atoms with E-state index in [1.807, 2.05) is 65.0 Å². The molecule has 2 heterocycles. The number of anilines is 1. The first-order valence-electron chi connectivity index (χ1n) is 9.33. The maximum atomic E-state index is 12.8. The van der Waals surface area contributed by atoms with Crippen molar-refractivity contribution in [2.45, 2.75) is 40.7 Å². The first-order chi connectivity index (χ1) is 13.6. The average Bonchev–Trinajstić information content (AvgIpc) is 3.31. The van der Waals surface area contributed by atoms with Crippen LogP contribution in [-0.4, -0.2) is 26.6 Å². The monoisotopic (exact) mass is 411 g/mol. The minimum Gasteiger partial charge on any atom is -0.345 e. The van der Waals surface area contributed by atoms with Gasteiger partial charge in [0, 0.05) is 5.41 Å². The van der Waals surface area contributed by atoms with Crippen LogP contribution in [0.5, 0.6) is 0 Å². The van der Waals surface area contributed by atoms with Gasteiger partial charge in [0.15, 0.2) is 0 Å². The van der Waals surface area contributed by atoms with Crippen molar-refractivity contribution in [3.05, 3.63) is 59.0 Å². The summed E-state index contributed by atoms with van der Waals surface area (Å²) in [5.74, 6) is -0.233. The molecular formula is C21H25N5O2S. The van der Waals surface area contributed by atoms with Crippen LogP contribution < -0.4 is 10.6 Å². The number of carbonyl (C=O) groups excluding carboxylic acids is 2. The molecule has 1 atom stereocenters. The number of nitrogens with one attached hydrogen (secondary N) is 2. The highest BCUT2D eigenvalue weighted by Gasteiger charge is 2.23. The quantitative estimate of drug-likeness (QED) is 0.661. The van der Waals surface area contributed by atoms with Crippen molar-refractivity contribution in [1.29, 1.82) is 0 Å². The van der Waals surface area contributed by atoms with Gasteiger partial charge >= 0.3 is 0 Å². The number of aryl methyl sites for hydroxylation is 1. The summed E-state index contributed by atoms with van der Waals surface area (Å²) in [5, 5.41) is 10.7. The minimum atomic E-state index is -0.493. The molecule has 0 radical (unpaired) electrons. The molecule has 8 heteroatoms.